The molecule has 0 unspecified atom stereocenters. The third kappa shape index (κ3) is 2.74. The fraction of sp³-hybridized carbons (Fsp3) is 0.182. The second kappa shape index (κ2) is 4.71. The van der Waals surface area contributed by atoms with E-state index in [2.05, 4.69) is 10.3 Å². The average molecular weight is 258 g/mol. The zero-order valence-electron chi connectivity index (χ0n) is 9.04. The first kappa shape index (κ1) is 11.9. The van der Waals surface area contributed by atoms with Gasteiger partial charge in [0.05, 0.1) is 12.7 Å². The van der Waals surface area contributed by atoms with E-state index in [4.69, 9.17) is 11.6 Å². The predicted molar refractivity (Wildman–Crippen MR) is 61.9 cm³/mol. The quantitative estimate of drug-likeness (QED) is 0.916. The highest BCUT2D eigenvalue weighted by Crippen LogP contribution is 2.15. The number of imidazole rings is 1. The van der Waals surface area contributed by atoms with Gasteiger partial charge in [-0.3, -0.25) is 0 Å². The normalized spacial score (nSPS) is 10.6. The number of benzene rings is 1. The molecule has 1 aromatic carbocycles. The summed E-state index contributed by atoms with van der Waals surface area (Å²) in [5, 5.41) is 3.38. The maximum atomic E-state index is 12.9. The average Bonchev–Trinajstić information content (AvgIpc) is 2.56. The lowest BCUT2D eigenvalue weighted by atomic mass is 10.3. The predicted octanol–water partition coefficient (Wildman–Crippen LogP) is 2.96. The molecule has 2 aromatic rings. The van der Waals surface area contributed by atoms with E-state index in [1.807, 2.05) is 0 Å². The topological polar surface area (TPSA) is 29.9 Å². The molecular weight excluding hydrogens is 248 g/mol. The van der Waals surface area contributed by atoms with Gasteiger partial charge in [-0.25, -0.2) is 13.8 Å². The lowest BCUT2D eigenvalue weighted by Gasteiger charge is -2.07. The van der Waals surface area contributed by atoms with Crippen molar-refractivity contribution in [3.63, 3.8) is 0 Å². The van der Waals surface area contributed by atoms with Crippen molar-refractivity contribution >= 4 is 17.3 Å². The van der Waals surface area contributed by atoms with Crippen molar-refractivity contribution in [2.24, 2.45) is 7.05 Å². The van der Waals surface area contributed by atoms with Crippen molar-refractivity contribution in [3.05, 3.63) is 47.0 Å². The van der Waals surface area contributed by atoms with Crippen LogP contribution in [0.1, 0.15) is 5.82 Å². The van der Waals surface area contributed by atoms with Gasteiger partial charge in [-0.1, -0.05) is 11.6 Å². The molecule has 0 saturated heterocycles. The maximum Gasteiger partial charge on any atom is 0.128 e. The summed E-state index contributed by atoms with van der Waals surface area (Å²) < 4.78 is 27.5. The molecule has 3 nitrogen and oxygen atoms in total. The van der Waals surface area contributed by atoms with Gasteiger partial charge in [-0.2, -0.15) is 0 Å². The fourth-order valence-corrected chi connectivity index (χ4v) is 1.57. The molecule has 0 radical (unpaired) electrons. The van der Waals surface area contributed by atoms with Gasteiger partial charge in [-0.05, 0) is 12.1 Å². The Kier molecular flexibility index (Phi) is 3.28. The van der Waals surface area contributed by atoms with E-state index in [0.29, 0.717) is 23.2 Å². The summed E-state index contributed by atoms with van der Waals surface area (Å²) in [6.07, 6.45) is 1.52. The van der Waals surface area contributed by atoms with Crippen LogP contribution in [-0.4, -0.2) is 9.55 Å². The van der Waals surface area contributed by atoms with Gasteiger partial charge in [-0.15, -0.1) is 0 Å². The number of anilines is 1. The first-order valence-electron chi connectivity index (χ1n) is 4.92. The molecular formula is C11H10ClF2N3. The van der Waals surface area contributed by atoms with Crippen molar-refractivity contribution < 1.29 is 8.78 Å². The largest absolute Gasteiger partial charge is 0.378 e. The molecule has 0 spiro atoms. The molecule has 1 N–H and O–H groups in total. The van der Waals surface area contributed by atoms with Crippen LogP contribution < -0.4 is 5.32 Å². The molecule has 1 aromatic heterocycles. The summed E-state index contributed by atoms with van der Waals surface area (Å²) in [4.78, 5) is 4.06. The van der Waals surface area contributed by atoms with Gasteiger partial charge < -0.3 is 9.88 Å². The van der Waals surface area contributed by atoms with Gasteiger partial charge >= 0.3 is 0 Å². The molecule has 0 fully saturated rings. The van der Waals surface area contributed by atoms with Crippen LogP contribution in [0, 0.1) is 11.6 Å². The van der Waals surface area contributed by atoms with E-state index in [1.54, 1.807) is 11.6 Å². The monoisotopic (exact) mass is 257 g/mol. The van der Waals surface area contributed by atoms with Crippen LogP contribution in [0.25, 0.3) is 0 Å². The molecule has 0 bridgehead atoms. The Morgan fingerprint density at radius 1 is 1.29 bits per heavy atom. The summed E-state index contributed by atoms with van der Waals surface area (Å²) in [7, 11) is 1.76. The summed E-state index contributed by atoms with van der Waals surface area (Å²) in [5.41, 5.74) is 0.363. The van der Waals surface area contributed by atoms with Crippen LogP contribution >= 0.6 is 11.6 Å². The van der Waals surface area contributed by atoms with Crippen molar-refractivity contribution in [1.29, 1.82) is 0 Å². The van der Waals surface area contributed by atoms with Crippen molar-refractivity contribution in [2.75, 3.05) is 5.32 Å². The fourth-order valence-electron chi connectivity index (χ4n) is 1.43. The molecule has 0 amide bonds. The second-order valence-corrected chi connectivity index (χ2v) is 3.96. The highest BCUT2D eigenvalue weighted by atomic mass is 35.5. The van der Waals surface area contributed by atoms with E-state index in [-0.39, 0.29) is 0 Å². The lowest BCUT2D eigenvalue weighted by Crippen LogP contribution is -2.06. The number of hydrogen-bond acceptors (Lipinski definition) is 2. The molecule has 1 heterocycles. The van der Waals surface area contributed by atoms with Gasteiger partial charge in [0.1, 0.15) is 22.6 Å². The van der Waals surface area contributed by atoms with Crippen LogP contribution in [0.2, 0.25) is 5.15 Å². The zero-order valence-corrected chi connectivity index (χ0v) is 9.80. The Balaban J connectivity index is 2.09. The summed E-state index contributed by atoms with van der Waals surface area (Å²) in [6.45, 7) is 0.339. The van der Waals surface area contributed by atoms with Gasteiger partial charge in [0.15, 0.2) is 0 Å². The number of aromatic nitrogens is 2. The minimum atomic E-state index is -0.620. The summed E-state index contributed by atoms with van der Waals surface area (Å²) in [6, 6.07) is 3.25. The van der Waals surface area contributed by atoms with Crippen LogP contribution in [0.3, 0.4) is 0 Å². The molecule has 0 aliphatic rings. The molecule has 0 atom stereocenters. The number of halogens is 3. The Bertz CT molecular complexity index is 519. The van der Waals surface area contributed by atoms with Crippen molar-refractivity contribution in [2.45, 2.75) is 6.54 Å². The highest BCUT2D eigenvalue weighted by molar-refractivity contribution is 6.29. The number of nitrogens with zero attached hydrogens (tertiary/aromatic N) is 2. The smallest absolute Gasteiger partial charge is 0.128 e. The third-order valence-corrected chi connectivity index (χ3v) is 2.69. The molecule has 6 heteroatoms. The Labute approximate surface area is 102 Å². The number of rotatable bonds is 3. The van der Waals surface area contributed by atoms with Gasteiger partial charge in [0, 0.05) is 18.8 Å². The lowest BCUT2D eigenvalue weighted by molar-refractivity contribution is 0.584. The first-order valence-corrected chi connectivity index (χ1v) is 5.30. The minimum absolute atomic E-state index is 0.339. The number of nitrogens with one attached hydrogen (secondary N) is 1. The zero-order chi connectivity index (χ0) is 12.4. The Morgan fingerprint density at radius 3 is 2.47 bits per heavy atom. The molecule has 2 rings (SSSR count). The second-order valence-electron chi connectivity index (χ2n) is 3.57. The van der Waals surface area contributed by atoms with Gasteiger partial charge in [0.2, 0.25) is 0 Å². The van der Waals surface area contributed by atoms with Crippen LogP contribution in [0.15, 0.2) is 24.4 Å². The molecule has 17 heavy (non-hydrogen) atoms. The number of hydrogen-bond donors (Lipinski definition) is 1. The molecule has 0 aliphatic heterocycles. The molecule has 0 aliphatic carbocycles. The summed E-state index contributed by atoms with van der Waals surface area (Å²) in [5.74, 6) is -0.560. The van der Waals surface area contributed by atoms with E-state index >= 15 is 0 Å². The van der Waals surface area contributed by atoms with Crippen LogP contribution in [0.4, 0.5) is 14.5 Å². The van der Waals surface area contributed by atoms with Crippen LogP contribution in [0.5, 0.6) is 0 Å². The Hall–Kier alpha value is -1.62. The standard InChI is InChI=1S/C11H10ClF2N3/c1-17-10(12)5-16-11(17)6-15-9-3-7(13)2-8(14)4-9/h2-5,15H,6H2,1H3. The summed E-state index contributed by atoms with van der Waals surface area (Å²) >= 11 is 5.81. The maximum absolute atomic E-state index is 12.9. The minimum Gasteiger partial charge on any atom is -0.378 e. The van der Waals surface area contributed by atoms with Gasteiger partial charge in [0.25, 0.3) is 0 Å². The SMILES string of the molecule is Cn1c(Cl)cnc1CNc1cc(F)cc(F)c1. The first-order chi connectivity index (χ1) is 8.06. The van der Waals surface area contributed by atoms with Crippen LogP contribution in [-0.2, 0) is 13.6 Å². The van der Waals surface area contributed by atoms with E-state index < -0.39 is 11.6 Å². The van der Waals surface area contributed by atoms with E-state index in [9.17, 15) is 8.78 Å². The molecule has 90 valence electrons. The van der Waals surface area contributed by atoms with E-state index in [1.165, 1.54) is 18.3 Å². The van der Waals surface area contributed by atoms with Crippen molar-refractivity contribution in [3.8, 4) is 0 Å². The van der Waals surface area contributed by atoms with E-state index in [0.717, 1.165) is 6.07 Å². The Morgan fingerprint density at radius 2 is 1.94 bits per heavy atom. The molecule has 0 saturated carbocycles. The third-order valence-electron chi connectivity index (χ3n) is 2.34. The van der Waals surface area contributed by atoms with Crippen molar-refractivity contribution in [1.82, 2.24) is 9.55 Å². The highest BCUT2D eigenvalue weighted by Gasteiger charge is 2.05.